The number of fused-ring (bicyclic) bond motifs is 1. The Morgan fingerprint density at radius 1 is 1.05 bits per heavy atom. The van der Waals surface area contributed by atoms with Crippen LogP contribution >= 0.6 is 0 Å². The highest BCUT2D eigenvalue weighted by atomic mass is 28.4. The van der Waals surface area contributed by atoms with Gasteiger partial charge in [0, 0.05) is 47.7 Å². The van der Waals surface area contributed by atoms with Crippen molar-refractivity contribution in [3.63, 3.8) is 0 Å². The second-order valence-corrected chi connectivity index (χ2v) is 16.4. The maximum absolute atomic E-state index is 15.4. The summed E-state index contributed by atoms with van der Waals surface area (Å²) >= 11 is 0. The summed E-state index contributed by atoms with van der Waals surface area (Å²) in [5.74, 6) is -0.153. The lowest BCUT2D eigenvalue weighted by atomic mass is 9.88. The minimum atomic E-state index is -4.52. The molecule has 0 bridgehead atoms. The predicted molar refractivity (Wildman–Crippen MR) is 142 cm³/mol. The van der Waals surface area contributed by atoms with Gasteiger partial charge in [0.25, 0.3) is 0 Å². The van der Waals surface area contributed by atoms with Gasteiger partial charge in [-0.05, 0) is 67.0 Å². The third-order valence-electron chi connectivity index (χ3n) is 7.68. The van der Waals surface area contributed by atoms with E-state index >= 15 is 4.39 Å². The number of rotatable bonds is 8. The average molecular weight is 550 g/mol. The Morgan fingerprint density at radius 2 is 1.76 bits per heavy atom. The topological polar surface area (TPSA) is 56.3 Å². The largest absolute Gasteiger partial charge is 0.490 e. The quantitative estimate of drug-likeness (QED) is 0.236. The highest BCUT2D eigenvalue weighted by Gasteiger charge is 2.37. The zero-order valence-electron chi connectivity index (χ0n) is 22.7. The van der Waals surface area contributed by atoms with Gasteiger partial charge in [-0.1, -0.05) is 20.8 Å². The van der Waals surface area contributed by atoms with Gasteiger partial charge in [-0.15, -0.1) is 0 Å². The summed E-state index contributed by atoms with van der Waals surface area (Å²) in [6.45, 7) is 13.4. The van der Waals surface area contributed by atoms with Crippen molar-refractivity contribution >= 4 is 19.1 Å². The Labute approximate surface area is 222 Å². The minimum absolute atomic E-state index is 0.0441. The number of hydrogen-bond acceptors (Lipinski definition) is 5. The molecular weight excluding hydrogens is 514 g/mol. The number of benzene rings is 1. The highest BCUT2D eigenvalue weighted by molar-refractivity contribution is 6.74. The molecule has 0 aliphatic heterocycles. The van der Waals surface area contributed by atoms with E-state index in [1.54, 1.807) is 12.3 Å². The summed E-state index contributed by atoms with van der Waals surface area (Å²) in [6, 6.07) is 5.86. The van der Waals surface area contributed by atoms with E-state index < -0.39 is 20.2 Å². The van der Waals surface area contributed by atoms with Crippen molar-refractivity contribution in [3.8, 4) is 5.75 Å². The molecule has 1 aromatic carbocycles. The van der Waals surface area contributed by atoms with Crippen molar-refractivity contribution in [2.24, 2.45) is 0 Å². The zero-order valence-corrected chi connectivity index (χ0v) is 23.7. The molecule has 1 N–H and O–H groups in total. The van der Waals surface area contributed by atoms with Crippen LogP contribution in [-0.2, 0) is 23.8 Å². The number of nitrogens with one attached hydrogen (secondary N) is 1. The normalized spacial score (nSPS) is 18.5. The fourth-order valence-corrected chi connectivity index (χ4v) is 5.14. The van der Waals surface area contributed by atoms with Crippen molar-refractivity contribution < 1.29 is 26.7 Å². The first-order valence-corrected chi connectivity index (χ1v) is 15.7. The number of pyridine rings is 2. The first kappa shape index (κ1) is 28.4. The molecule has 1 aliphatic rings. The number of nitrogens with zero attached hydrogens (tertiary/aromatic N) is 2. The van der Waals surface area contributed by atoms with Crippen LogP contribution in [0, 0.1) is 12.7 Å². The van der Waals surface area contributed by atoms with Gasteiger partial charge in [0.1, 0.15) is 23.4 Å². The summed E-state index contributed by atoms with van der Waals surface area (Å²) in [7, 11) is -2.02. The number of ether oxygens (including phenoxy) is 1. The zero-order chi connectivity index (χ0) is 27.9. The van der Waals surface area contributed by atoms with Crippen LogP contribution in [0.5, 0.6) is 5.75 Å². The second-order valence-electron chi connectivity index (χ2n) is 11.6. The molecule has 0 radical (unpaired) electrons. The monoisotopic (exact) mass is 549 g/mol. The van der Waals surface area contributed by atoms with Crippen molar-refractivity contribution in [1.82, 2.24) is 15.3 Å². The van der Waals surface area contributed by atoms with Crippen molar-refractivity contribution in [3.05, 3.63) is 65.0 Å². The van der Waals surface area contributed by atoms with E-state index in [9.17, 15) is 13.2 Å². The Morgan fingerprint density at radius 3 is 2.42 bits per heavy atom. The molecule has 0 saturated heterocycles. The van der Waals surface area contributed by atoms with E-state index in [4.69, 9.17) is 9.16 Å². The molecule has 206 valence electrons. The number of hydrogen-bond donors (Lipinski definition) is 1. The summed E-state index contributed by atoms with van der Waals surface area (Å²) in [4.78, 5) is 7.80. The van der Waals surface area contributed by atoms with Crippen LogP contribution in [0.1, 0.15) is 56.1 Å². The van der Waals surface area contributed by atoms with Crippen LogP contribution in [0.25, 0.3) is 10.8 Å². The molecule has 4 rings (SSSR count). The summed E-state index contributed by atoms with van der Waals surface area (Å²) in [5.41, 5.74) is 1.17. The molecule has 5 nitrogen and oxygen atoms in total. The van der Waals surface area contributed by atoms with Gasteiger partial charge in [-0.25, -0.2) is 4.39 Å². The molecule has 10 heteroatoms. The number of aromatic nitrogens is 2. The molecule has 0 unspecified atom stereocenters. The van der Waals surface area contributed by atoms with Crippen LogP contribution in [0.2, 0.25) is 18.1 Å². The fraction of sp³-hybridized carbons (Fsp3) is 0.500. The van der Waals surface area contributed by atoms with Gasteiger partial charge in [-0.2, -0.15) is 13.2 Å². The Bertz CT molecular complexity index is 1300. The molecule has 0 amide bonds. The van der Waals surface area contributed by atoms with Crippen LogP contribution in [0.3, 0.4) is 0 Å². The van der Waals surface area contributed by atoms with E-state index in [0.29, 0.717) is 31.6 Å². The Hall–Kier alpha value is -2.56. The first-order chi connectivity index (χ1) is 17.6. The first-order valence-electron chi connectivity index (χ1n) is 12.8. The van der Waals surface area contributed by atoms with E-state index in [0.717, 1.165) is 34.3 Å². The maximum Gasteiger partial charge on any atom is 0.433 e. The summed E-state index contributed by atoms with van der Waals surface area (Å²) in [5, 5.41) is 5.11. The van der Waals surface area contributed by atoms with Crippen molar-refractivity contribution in [2.45, 2.75) is 90.1 Å². The molecule has 1 fully saturated rings. The summed E-state index contributed by atoms with van der Waals surface area (Å²) in [6.07, 6.45) is -0.618. The van der Waals surface area contributed by atoms with Crippen LogP contribution in [0.15, 0.2) is 36.7 Å². The van der Waals surface area contributed by atoms with Gasteiger partial charge in [0.2, 0.25) is 0 Å². The van der Waals surface area contributed by atoms with Crippen LogP contribution < -0.4 is 10.1 Å². The molecule has 0 atom stereocenters. The third kappa shape index (κ3) is 6.35. The highest BCUT2D eigenvalue weighted by Crippen LogP contribution is 2.38. The second kappa shape index (κ2) is 10.5. The lowest BCUT2D eigenvalue weighted by molar-refractivity contribution is -0.141. The number of alkyl halides is 3. The molecule has 2 heterocycles. The SMILES string of the molecule is Cc1cc2c(CNC3CC(Oc4ccnc(C(F)(F)F)c4)C3)c(F)cc(CO[Si](C)(C)C(C)(C)C)c2cn1. The van der Waals surface area contributed by atoms with Crippen molar-refractivity contribution in [2.75, 3.05) is 0 Å². The maximum atomic E-state index is 15.4. The van der Waals surface area contributed by atoms with Crippen molar-refractivity contribution in [1.29, 1.82) is 0 Å². The Kier molecular flexibility index (Phi) is 7.89. The molecule has 3 aromatic rings. The lowest BCUT2D eigenvalue weighted by Gasteiger charge is -2.36. The molecular formula is C28H35F4N3O2Si. The Balaban J connectivity index is 1.42. The molecule has 1 aliphatic carbocycles. The van der Waals surface area contributed by atoms with Gasteiger partial charge in [0.05, 0.1) is 6.61 Å². The summed E-state index contributed by atoms with van der Waals surface area (Å²) < 4.78 is 66.2. The molecule has 38 heavy (non-hydrogen) atoms. The number of aryl methyl sites for hydroxylation is 1. The minimum Gasteiger partial charge on any atom is -0.490 e. The van der Waals surface area contributed by atoms with Gasteiger partial charge in [-0.3, -0.25) is 9.97 Å². The van der Waals surface area contributed by atoms with Crippen LogP contribution in [-0.4, -0.2) is 30.4 Å². The van der Waals surface area contributed by atoms with Gasteiger partial charge >= 0.3 is 6.18 Å². The third-order valence-corrected chi connectivity index (χ3v) is 12.2. The van der Waals surface area contributed by atoms with E-state index in [2.05, 4.69) is 49.1 Å². The lowest BCUT2D eigenvalue weighted by Crippen LogP contribution is -2.46. The van der Waals surface area contributed by atoms with E-state index in [1.165, 1.54) is 6.07 Å². The van der Waals surface area contributed by atoms with E-state index in [1.807, 2.05) is 13.0 Å². The van der Waals surface area contributed by atoms with Gasteiger partial charge in [0.15, 0.2) is 8.32 Å². The number of halogens is 4. The molecule has 2 aromatic heterocycles. The average Bonchev–Trinajstić information content (AvgIpc) is 2.79. The molecule has 1 saturated carbocycles. The standard InChI is InChI=1S/C28H35F4N3O2Si/c1-17-9-22-23(14-34-17)18(16-36-38(5,6)27(2,3)4)10-25(29)24(22)15-35-19-11-21(12-19)37-20-7-8-33-26(13-20)28(30,31)32/h7-10,13-14,19,21,35H,11-12,15-16H2,1-6H3. The van der Waals surface area contributed by atoms with Gasteiger partial charge < -0.3 is 14.5 Å². The fourth-order valence-electron chi connectivity index (χ4n) is 4.19. The van der Waals surface area contributed by atoms with E-state index in [-0.39, 0.29) is 28.8 Å². The smallest absolute Gasteiger partial charge is 0.433 e. The molecule has 0 spiro atoms. The van der Waals surface area contributed by atoms with Crippen LogP contribution in [0.4, 0.5) is 17.6 Å². The predicted octanol–water partition coefficient (Wildman–Crippen LogP) is 7.32.